The lowest BCUT2D eigenvalue weighted by Crippen LogP contribution is -2.41. The van der Waals surface area contributed by atoms with Crippen molar-refractivity contribution in [3.05, 3.63) is 0 Å². The second kappa shape index (κ2) is 4.51. The lowest BCUT2D eigenvalue weighted by atomic mass is 10.1. The zero-order valence-electron chi connectivity index (χ0n) is 11.1. The van der Waals surface area contributed by atoms with E-state index in [0.29, 0.717) is 6.54 Å². The number of hydrogen-bond acceptors (Lipinski definition) is 5. The van der Waals surface area contributed by atoms with Gasteiger partial charge in [0.2, 0.25) is 0 Å². The molecule has 0 aromatic carbocycles. The number of fused-ring (bicyclic) bond motifs is 1. The molecule has 0 aromatic heterocycles. The molecule has 3 atom stereocenters. The van der Waals surface area contributed by atoms with Crippen LogP contribution in [0.4, 0.5) is 4.79 Å². The molecule has 6 nitrogen and oxygen atoms in total. The summed E-state index contributed by atoms with van der Waals surface area (Å²) in [6.45, 7) is 6.15. The second-order valence-corrected chi connectivity index (χ2v) is 5.58. The zero-order chi connectivity index (χ0) is 13.5. The lowest BCUT2D eigenvalue weighted by molar-refractivity contribution is -0.121. The van der Waals surface area contributed by atoms with Crippen LogP contribution in [0.3, 0.4) is 0 Å². The van der Waals surface area contributed by atoms with Gasteiger partial charge in [-0.3, -0.25) is 9.69 Å². The van der Waals surface area contributed by atoms with Crippen LogP contribution in [0.5, 0.6) is 0 Å². The number of carbonyl (C=O) groups is 2. The van der Waals surface area contributed by atoms with Crippen molar-refractivity contribution in [2.24, 2.45) is 0 Å². The van der Waals surface area contributed by atoms with Gasteiger partial charge in [-0.05, 0) is 20.8 Å². The third kappa shape index (κ3) is 2.35. The van der Waals surface area contributed by atoms with Crippen LogP contribution < -0.4 is 0 Å². The number of Topliss-reactive ketones (excluding diaryl/α,β-unsaturated/α-hetero) is 1. The number of hydrogen-bond donors (Lipinski definition) is 0. The Kier molecular flexibility index (Phi) is 3.33. The molecule has 18 heavy (non-hydrogen) atoms. The van der Waals surface area contributed by atoms with E-state index in [1.165, 1.54) is 12.0 Å². The molecule has 2 fully saturated rings. The van der Waals surface area contributed by atoms with Crippen LogP contribution in [0.2, 0.25) is 0 Å². The number of ketones is 1. The van der Waals surface area contributed by atoms with Crippen LogP contribution in [0.15, 0.2) is 0 Å². The first kappa shape index (κ1) is 13.3. The van der Waals surface area contributed by atoms with E-state index in [1.807, 2.05) is 20.8 Å². The van der Waals surface area contributed by atoms with E-state index >= 15 is 0 Å². The Labute approximate surface area is 106 Å². The fourth-order valence-corrected chi connectivity index (χ4v) is 2.48. The minimum atomic E-state index is -0.565. The Balaban J connectivity index is 2.17. The summed E-state index contributed by atoms with van der Waals surface area (Å²) in [6.07, 6.45) is -1.18. The molecule has 3 unspecified atom stereocenters. The van der Waals surface area contributed by atoms with Crippen molar-refractivity contribution in [1.29, 1.82) is 0 Å². The summed E-state index contributed by atoms with van der Waals surface area (Å²) in [7, 11) is 1.30. The van der Waals surface area contributed by atoms with Crippen LogP contribution >= 0.6 is 0 Å². The molecule has 2 aliphatic heterocycles. The molecule has 0 aromatic rings. The van der Waals surface area contributed by atoms with Gasteiger partial charge in [0.15, 0.2) is 5.78 Å². The molecular formula is C12H19NO5. The molecule has 1 amide bonds. The van der Waals surface area contributed by atoms with Gasteiger partial charge in [0, 0.05) is 0 Å². The number of ether oxygens (including phenoxy) is 3. The largest absolute Gasteiger partial charge is 0.453 e. The van der Waals surface area contributed by atoms with Crippen LogP contribution in [-0.4, -0.2) is 60.9 Å². The van der Waals surface area contributed by atoms with Crippen molar-refractivity contribution in [3.8, 4) is 0 Å². The number of nitrogens with zero attached hydrogens (tertiary/aromatic N) is 1. The molecule has 0 aliphatic carbocycles. The van der Waals surface area contributed by atoms with Gasteiger partial charge in [-0.1, -0.05) is 0 Å². The van der Waals surface area contributed by atoms with E-state index in [2.05, 4.69) is 0 Å². The van der Waals surface area contributed by atoms with Gasteiger partial charge < -0.3 is 14.2 Å². The van der Waals surface area contributed by atoms with Crippen molar-refractivity contribution in [2.45, 2.75) is 44.6 Å². The van der Waals surface area contributed by atoms with Gasteiger partial charge >= 0.3 is 6.09 Å². The minimum Gasteiger partial charge on any atom is -0.453 e. The van der Waals surface area contributed by atoms with E-state index in [-0.39, 0.29) is 30.2 Å². The smallest absolute Gasteiger partial charge is 0.410 e. The number of methoxy groups -OCH3 is 1. The fraction of sp³-hybridized carbons (Fsp3) is 0.833. The summed E-state index contributed by atoms with van der Waals surface area (Å²) < 4.78 is 16.0. The monoisotopic (exact) mass is 257 g/mol. The second-order valence-electron chi connectivity index (χ2n) is 5.58. The van der Waals surface area contributed by atoms with Gasteiger partial charge in [0.25, 0.3) is 0 Å². The van der Waals surface area contributed by atoms with Crippen LogP contribution in [0, 0.1) is 0 Å². The normalized spacial score (nSPS) is 31.7. The Hall–Kier alpha value is -1.14. The average Bonchev–Trinajstić information content (AvgIpc) is 2.79. The highest BCUT2D eigenvalue weighted by Gasteiger charge is 2.54. The Morgan fingerprint density at radius 3 is 2.67 bits per heavy atom. The molecule has 2 aliphatic rings. The molecule has 6 heteroatoms. The molecular weight excluding hydrogens is 238 g/mol. The van der Waals surface area contributed by atoms with Gasteiger partial charge in [0.1, 0.15) is 24.9 Å². The van der Waals surface area contributed by atoms with Gasteiger partial charge in [-0.2, -0.15) is 0 Å². The fourth-order valence-electron chi connectivity index (χ4n) is 2.48. The van der Waals surface area contributed by atoms with E-state index in [4.69, 9.17) is 14.2 Å². The SMILES string of the molecule is COC(=O)N1CC(OC(C)(C)C)C2OCC(=O)C21. The van der Waals surface area contributed by atoms with Crippen molar-refractivity contribution in [3.63, 3.8) is 0 Å². The van der Waals surface area contributed by atoms with E-state index in [1.54, 1.807) is 0 Å². The maximum atomic E-state index is 11.8. The molecule has 102 valence electrons. The molecule has 0 saturated carbocycles. The predicted molar refractivity (Wildman–Crippen MR) is 62.3 cm³/mol. The number of amides is 1. The summed E-state index contributed by atoms with van der Waals surface area (Å²) in [5.74, 6) is -0.0922. The Bertz CT molecular complexity index is 362. The highest BCUT2D eigenvalue weighted by Crippen LogP contribution is 2.31. The first-order valence-corrected chi connectivity index (χ1v) is 6.00. The third-order valence-corrected chi connectivity index (χ3v) is 3.05. The number of rotatable bonds is 1. The van der Waals surface area contributed by atoms with Crippen LogP contribution in [-0.2, 0) is 19.0 Å². The van der Waals surface area contributed by atoms with Crippen LogP contribution in [0.25, 0.3) is 0 Å². The molecule has 0 N–H and O–H groups in total. The topological polar surface area (TPSA) is 65.1 Å². The predicted octanol–water partition coefficient (Wildman–Crippen LogP) is 0.589. The van der Waals surface area contributed by atoms with E-state index in [0.717, 1.165) is 0 Å². The van der Waals surface area contributed by atoms with Crippen molar-refractivity contribution < 1.29 is 23.8 Å². The van der Waals surface area contributed by atoms with Crippen molar-refractivity contribution in [1.82, 2.24) is 4.90 Å². The average molecular weight is 257 g/mol. The first-order valence-electron chi connectivity index (χ1n) is 6.00. The third-order valence-electron chi connectivity index (χ3n) is 3.05. The molecule has 2 heterocycles. The highest BCUT2D eigenvalue weighted by molar-refractivity contribution is 5.91. The van der Waals surface area contributed by atoms with Gasteiger partial charge in [0.05, 0.1) is 19.3 Å². The molecule has 0 spiro atoms. The molecule has 0 radical (unpaired) electrons. The maximum Gasteiger partial charge on any atom is 0.410 e. The van der Waals surface area contributed by atoms with E-state index < -0.39 is 12.1 Å². The van der Waals surface area contributed by atoms with Gasteiger partial charge in [-0.25, -0.2) is 4.79 Å². The number of carbonyl (C=O) groups excluding carboxylic acids is 2. The summed E-state index contributed by atoms with van der Waals surface area (Å²) in [5, 5.41) is 0. The molecule has 2 saturated heterocycles. The maximum absolute atomic E-state index is 11.8. The Morgan fingerprint density at radius 2 is 2.11 bits per heavy atom. The minimum absolute atomic E-state index is 0.0346. The van der Waals surface area contributed by atoms with Crippen molar-refractivity contribution in [2.75, 3.05) is 20.3 Å². The molecule has 0 bridgehead atoms. The summed E-state index contributed by atoms with van der Waals surface area (Å²) >= 11 is 0. The van der Waals surface area contributed by atoms with E-state index in [9.17, 15) is 9.59 Å². The molecule has 2 rings (SSSR count). The van der Waals surface area contributed by atoms with Gasteiger partial charge in [-0.15, -0.1) is 0 Å². The number of likely N-dealkylation sites (tertiary alicyclic amines) is 1. The van der Waals surface area contributed by atoms with Crippen LogP contribution in [0.1, 0.15) is 20.8 Å². The van der Waals surface area contributed by atoms with Crippen molar-refractivity contribution >= 4 is 11.9 Å². The summed E-state index contributed by atoms with van der Waals surface area (Å²) in [4.78, 5) is 24.8. The lowest BCUT2D eigenvalue weighted by Gasteiger charge is -2.27. The highest BCUT2D eigenvalue weighted by atomic mass is 16.6. The standard InChI is InChI=1S/C12H19NO5/c1-12(2,3)18-8-5-13(11(15)16-4)9-7(14)6-17-10(8)9/h8-10H,5-6H2,1-4H3. The summed E-state index contributed by atoms with van der Waals surface area (Å²) in [5.41, 5.74) is -0.351. The zero-order valence-corrected chi connectivity index (χ0v) is 11.1. The quantitative estimate of drug-likeness (QED) is 0.688. The first-order chi connectivity index (χ1) is 8.33. The Morgan fingerprint density at radius 1 is 1.44 bits per heavy atom. The summed E-state index contributed by atoms with van der Waals surface area (Å²) in [6, 6.07) is -0.565.